The van der Waals surface area contributed by atoms with E-state index in [2.05, 4.69) is 10.3 Å². The summed E-state index contributed by atoms with van der Waals surface area (Å²) in [6, 6.07) is 0. The first kappa shape index (κ1) is 17.0. The van der Waals surface area contributed by atoms with Crippen LogP contribution in [-0.2, 0) is 9.53 Å². The molecular formula is C17H24N2O5. The zero-order valence-electron chi connectivity index (χ0n) is 14.5. The third-order valence-corrected chi connectivity index (χ3v) is 5.40. The summed E-state index contributed by atoms with van der Waals surface area (Å²) in [4.78, 5) is 28.9. The summed E-state index contributed by atoms with van der Waals surface area (Å²) in [7, 11) is 0. The van der Waals surface area contributed by atoms with Gasteiger partial charge in [0.1, 0.15) is 5.54 Å². The lowest BCUT2D eigenvalue weighted by atomic mass is 9.54. The Hall–Kier alpha value is -1.89. The molecule has 0 spiro atoms. The topological polar surface area (TPSA) is 102 Å². The van der Waals surface area contributed by atoms with Gasteiger partial charge in [-0.2, -0.15) is 0 Å². The van der Waals surface area contributed by atoms with Crippen molar-refractivity contribution in [1.29, 1.82) is 0 Å². The van der Waals surface area contributed by atoms with Gasteiger partial charge in [0.15, 0.2) is 5.89 Å². The molecule has 24 heavy (non-hydrogen) atoms. The number of carboxylic acids is 1. The van der Waals surface area contributed by atoms with Crippen molar-refractivity contribution in [1.82, 2.24) is 10.3 Å². The number of carbonyl (C=O) groups is 2. The molecule has 3 rings (SSSR count). The van der Waals surface area contributed by atoms with Gasteiger partial charge in [-0.25, -0.2) is 9.78 Å². The number of ether oxygens (including phenoxy) is 1. The molecule has 1 heterocycles. The Bertz CT molecular complexity index is 677. The highest BCUT2D eigenvalue weighted by Gasteiger charge is 2.66. The van der Waals surface area contributed by atoms with Crippen LogP contribution in [0.5, 0.6) is 0 Å². The number of aromatic nitrogens is 1. The molecule has 7 nitrogen and oxygen atoms in total. The molecule has 1 aromatic heterocycles. The SMILES string of the molecule is CCO[C@@H]1C[C@@](NC(=O)c2oc(C3CC3)nc2C)(C(=O)O)C1(C)C. The van der Waals surface area contributed by atoms with Crippen molar-refractivity contribution in [3.8, 4) is 0 Å². The molecule has 2 fully saturated rings. The van der Waals surface area contributed by atoms with Crippen LogP contribution >= 0.6 is 0 Å². The van der Waals surface area contributed by atoms with E-state index >= 15 is 0 Å². The van der Waals surface area contributed by atoms with E-state index in [0.29, 0.717) is 24.1 Å². The first-order chi connectivity index (χ1) is 11.2. The highest BCUT2D eigenvalue weighted by atomic mass is 16.5. The molecule has 132 valence electrons. The number of nitrogens with one attached hydrogen (secondary N) is 1. The Morgan fingerprint density at radius 2 is 2.08 bits per heavy atom. The zero-order chi connectivity index (χ0) is 17.7. The lowest BCUT2D eigenvalue weighted by Gasteiger charge is -2.58. The van der Waals surface area contributed by atoms with Crippen molar-refractivity contribution < 1.29 is 23.8 Å². The lowest BCUT2D eigenvalue weighted by molar-refractivity contribution is -0.190. The fourth-order valence-corrected chi connectivity index (χ4v) is 3.42. The van der Waals surface area contributed by atoms with Gasteiger partial charge in [-0.05, 0) is 26.7 Å². The van der Waals surface area contributed by atoms with Crippen molar-refractivity contribution >= 4 is 11.9 Å². The molecule has 7 heteroatoms. The molecule has 0 aliphatic heterocycles. The normalized spacial score (nSPS) is 28.2. The number of rotatable bonds is 6. The lowest BCUT2D eigenvalue weighted by Crippen LogP contribution is -2.76. The summed E-state index contributed by atoms with van der Waals surface area (Å²) in [5.74, 6) is -0.620. The smallest absolute Gasteiger partial charge is 0.330 e. The van der Waals surface area contributed by atoms with Gasteiger partial charge < -0.3 is 19.6 Å². The van der Waals surface area contributed by atoms with E-state index in [1.807, 2.05) is 6.92 Å². The van der Waals surface area contributed by atoms with Gasteiger partial charge >= 0.3 is 5.97 Å². The minimum absolute atomic E-state index is 0.105. The van der Waals surface area contributed by atoms with Crippen LogP contribution in [0.4, 0.5) is 0 Å². The van der Waals surface area contributed by atoms with Crippen LogP contribution in [0.25, 0.3) is 0 Å². The van der Waals surface area contributed by atoms with Gasteiger partial charge in [0.2, 0.25) is 5.76 Å². The molecule has 2 atom stereocenters. The second-order valence-corrected chi connectivity index (χ2v) is 7.28. The van der Waals surface area contributed by atoms with Crippen LogP contribution in [0.2, 0.25) is 0 Å². The maximum atomic E-state index is 12.6. The third kappa shape index (κ3) is 2.42. The highest BCUT2D eigenvalue weighted by molar-refractivity contribution is 5.97. The maximum Gasteiger partial charge on any atom is 0.330 e. The summed E-state index contributed by atoms with van der Waals surface area (Å²) < 4.78 is 11.2. The second-order valence-electron chi connectivity index (χ2n) is 7.28. The van der Waals surface area contributed by atoms with Gasteiger partial charge in [0, 0.05) is 24.4 Å². The molecule has 2 saturated carbocycles. The van der Waals surface area contributed by atoms with E-state index in [4.69, 9.17) is 9.15 Å². The predicted octanol–water partition coefficient (Wildman–Crippen LogP) is 2.25. The first-order valence-corrected chi connectivity index (χ1v) is 8.37. The molecule has 0 radical (unpaired) electrons. The Labute approximate surface area is 140 Å². The molecule has 0 aromatic carbocycles. The van der Waals surface area contributed by atoms with Crippen molar-refractivity contribution in [2.24, 2.45) is 5.41 Å². The van der Waals surface area contributed by atoms with Crippen molar-refractivity contribution in [2.45, 2.75) is 64.5 Å². The number of carbonyl (C=O) groups excluding carboxylic acids is 1. The Kier molecular flexibility index (Phi) is 3.94. The predicted molar refractivity (Wildman–Crippen MR) is 84.9 cm³/mol. The summed E-state index contributed by atoms with van der Waals surface area (Å²) in [6.07, 6.45) is 2.06. The Morgan fingerprint density at radius 3 is 2.58 bits per heavy atom. The second kappa shape index (κ2) is 5.58. The summed E-state index contributed by atoms with van der Waals surface area (Å²) in [5, 5.41) is 12.4. The fourth-order valence-electron chi connectivity index (χ4n) is 3.42. The van der Waals surface area contributed by atoms with Crippen LogP contribution in [0.15, 0.2) is 4.42 Å². The number of hydrogen-bond acceptors (Lipinski definition) is 5. The van der Waals surface area contributed by atoms with Crippen LogP contribution in [0.3, 0.4) is 0 Å². The molecule has 2 aliphatic rings. The number of aliphatic carboxylic acids is 1. The number of oxazole rings is 1. The number of hydrogen-bond donors (Lipinski definition) is 2. The number of aryl methyl sites for hydroxylation is 1. The molecule has 0 saturated heterocycles. The summed E-state index contributed by atoms with van der Waals surface area (Å²) in [5.41, 5.74) is -1.60. The van der Waals surface area contributed by atoms with E-state index in [0.717, 1.165) is 12.8 Å². The van der Waals surface area contributed by atoms with Gasteiger partial charge in [0.05, 0.1) is 11.8 Å². The number of carboxylic acid groups (broad SMARTS) is 1. The molecule has 0 unspecified atom stereocenters. The van der Waals surface area contributed by atoms with Gasteiger partial charge in [-0.3, -0.25) is 4.79 Å². The van der Waals surface area contributed by atoms with Crippen LogP contribution < -0.4 is 5.32 Å². The summed E-state index contributed by atoms with van der Waals surface area (Å²) in [6.45, 7) is 7.67. The third-order valence-electron chi connectivity index (χ3n) is 5.40. The number of amides is 1. The average molecular weight is 336 g/mol. The van der Waals surface area contributed by atoms with E-state index in [-0.39, 0.29) is 18.3 Å². The summed E-state index contributed by atoms with van der Waals surface area (Å²) >= 11 is 0. The molecular weight excluding hydrogens is 312 g/mol. The molecule has 2 N–H and O–H groups in total. The van der Waals surface area contributed by atoms with Crippen molar-refractivity contribution in [3.05, 3.63) is 17.3 Å². The molecule has 1 amide bonds. The maximum absolute atomic E-state index is 12.6. The molecule has 1 aromatic rings. The average Bonchev–Trinajstić information content (AvgIpc) is 3.28. The fraction of sp³-hybridized carbons (Fsp3) is 0.706. The minimum atomic E-state index is -1.37. The minimum Gasteiger partial charge on any atom is -0.479 e. The van der Waals surface area contributed by atoms with Gasteiger partial charge in [-0.15, -0.1) is 0 Å². The van der Waals surface area contributed by atoms with Gasteiger partial charge in [-0.1, -0.05) is 13.8 Å². The van der Waals surface area contributed by atoms with E-state index < -0.39 is 22.8 Å². The molecule has 2 aliphatic carbocycles. The van der Waals surface area contributed by atoms with Crippen molar-refractivity contribution in [3.63, 3.8) is 0 Å². The van der Waals surface area contributed by atoms with Crippen molar-refractivity contribution in [2.75, 3.05) is 6.61 Å². The Balaban J connectivity index is 1.82. The zero-order valence-corrected chi connectivity index (χ0v) is 14.5. The van der Waals surface area contributed by atoms with Crippen LogP contribution in [0.1, 0.15) is 68.1 Å². The largest absolute Gasteiger partial charge is 0.479 e. The molecule has 0 bridgehead atoms. The van der Waals surface area contributed by atoms with E-state index in [1.54, 1.807) is 20.8 Å². The Morgan fingerprint density at radius 1 is 1.42 bits per heavy atom. The van der Waals surface area contributed by atoms with E-state index in [1.165, 1.54) is 0 Å². The van der Waals surface area contributed by atoms with E-state index in [9.17, 15) is 14.7 Å². The standard InChI is InChI=1S/C17H24N2O5/c1-5-23-11-8-17(15(21)22,16(11,3)4)19-13(20)12-9(2)18-14(24-12)10-6-7-10/h10-11H,5-8H2,1-4H3,(H,19,20)(H,21,22)/t11-,17-/m1/s1. The quantitative estimate of drug-likeness (QED) is 0.826. The van der Waals surface area contributed by atoms with Crippen LogP contribution in [0, 0.1) is 12.3 Å². The van der Waals surface area contributed by atoms with Crippen LogP contribution in [-0.4, -0.2) is 40.2 Å². The number of nitrogens with zero attached hydrogens (tertiary/aromatic N) is 1. The van der Waals surface area contributed by atoms with Gasteiger partial charge in [0.25, 0.3) is 5.91 Å². The first-order valence-electron chi connectivity index (χ1n) is 8.37. The highest BCUT2D eigenvalue weighted by Crippen LogP contribution is 2.51. The monoisotopic (exact) mass is 336 g/mol.